The van der Waals surface area contributed by atoms with Gasteiger partial charge in [0.15, 0.2) is 0 Å². The number of fused-ring (bicyclic) bond motifs is 1. The lowest BCUT2D eigenvalue weighted by atomic mass is 9.84. The minimum absolute atomic E-state index is 0.213. The van der Waals surface area contributed by atoms with E-state index in [1.807, 2.05) is 71.4 Å². The van der Waals surface area contributed by atoms with Crippen molar-refractivity contribution >= 4 is 16.7 Å². The van der Waals surface area contributed by atoms with Gasteiger partial charge in [-0.1, -0.05) is 42.5 Å². The summed E-state index contributed by atoms with van der Waals surface area (Å²) in [7, 11) is 3.43. The van der Waals surface area contributed by atoms with Crippen LogP contribution in [0.5, 0.6) is 5.75 Å². The predicted molar refractivity (Wildman–Crippen MR) is 132 cm³/mol. The number of hydrogen-bond acceptors (Lipinski definition) is 6. The van der Waals surface area contributed by atoms with Crippen molar-refractivity contribution in [1.82, 2.24) is 14.5 Å². The number of nitrogens with one attached hydrogen (secondary N) is 1. The molecule has 2 heterocycles. The first kappa shape index (κ1) is 21.4. The fourth-order valence-corrected chi connectivity index (χ4v) is 4.37. The van der Waals surface area contributed by atoms with Crippen LogP contribution < -0.4 is 10.1 Å². The van der Waals surface area contributed by atoms with Gasteiger partial charge >= 0.3 is 0 Å². The molecule has 0 radical (unpaired) electrons. The summed E-state index contributed by atoms with van der Waals surface area (Å²) in [5, 5.41) is 16.2. The SMILES string of the molecule is CNc1cc(-n2cc(-c3ccc(OC)cc3)c3ccc(C4([N+](=O)[O-])C=CC=CC4)cc32)ncn1. The minimum Gasteiger partial charge on any atom is -0.497 e. The molecule has 34 heavy (non-hydrogen) atoms. The molecule has 0 saturated heterocycles. The van der Waals surface area contributed by atoms with Gasteiger partial charge in [0, 0.05) is 47.2 Å². The number of rotatable bonds is 6. The Morgan fingerprint density at radius 1 is 1.12 bits per heavy atom. The summed E-state index contributed by atoms with van der Waals surface area (Å²) in [6.07, 6.45) is 10.9. The summed E-state index contributed by atoms with van der Waals surface area (Å²) in [4.78, 5) is 20.7. The van der Waals surface area contributed by atoms with Gasteiger partial charge in [-0.2, -0.15) is 0 Å². The van der Waals surface area contributed by atoms with Crippen molar-refractivity contribution in [3.63, 3.8) is 0 Å². The number of anilines is 1. The Morgan fingerprint density at radius 2 is 1.94 bits per heavy atom. The average molecular weight is 454 g/mol. The van der Waals surface area contributed by atoms with Crippen molar-refractivity contribution in [2.24, 2.45) is 0 Å². The van der Waals surface area contributed by atoms with Crippen molar-refractivity contribution in [1.29, 1.82) is 0 Å². The van der Waals surface area contributed by atoms with E-state index in [2.05, 4.69) is 15.3 Å². The molecule has 0 spiro atoms. The van der Waals surface area contributed by atoms with Gasteiger partial charge in [0.1, 0.15) is 23.7 Å². The number of ether oxygens (including phenoxy) is 1. The molecule has 0 fully saturated rings. The second-order valence-electron chi connectivity index (χ2n) is 8.06. The molecule has 0 amide bonds. The fraction of sp³-hybridized carbons (Fsp3) is 0.154. The van der Waals surface area contributed by atoms with Crippen molar-refractivity contribution in [3.8, 4) is 22.7 Å². The molecule has 1 aliphatic carbocycles. The van der Waals surface area contributed by atoms with Crippen molar-refractivity contribution < 1.29 is 9.66 Å². The molecule has 8 heteroatoms. The Morgan fingerprint density at radius 3 is 2.62 bits per heavy atom. The summed E-state index contributed by atoms with van der Waals surface area (Å²) in [6, 6.07) is 15.4. The third-order valence-corrected chi connectivity index (χ3v) is 6.24. The van der Waals surface area contributed by atoms with Crippen LogP contribution in [0.4, 0.5) is 5.82 Å². The number of methoxy groups -OCH3 is 1. The maximum Gasteiger partial charge on any atom is 0.269 e. The Labute approximate surface area is 196 Å². The molecular formula is C26H23N5O3. The number of hydrogen-bond donors (Lipinski definition) is 1. The fourth-order valence-electron chi connectivity index (χ4n) is 4.37. The quantitative estimate of drug-likeness (QED) is 0.321. The van der Waals surface area contributed by atoms with Crippen LogP contribution in [-0.4, -0.2) is 33.6 Å². The Kier molecular flexibility index (Phi) is 5.33. The highest BCUT2D eigenvalue weighted by molar-refractivity contribution is 5.97. The monoisotopic (exact) mass is 453 g/mol. The Balaban J connectivity index is 1.75. The molecule has 5 rings (SSSR count). The molecule has 4 aromatic rings. The number of nitrogens with zero attached hydrogens (tertiary/aromatic N) is 4. The van der Waals surface area contributed by atoms with Crippen LogP contribution in [0.3, 0.4) is 0 Å². The molecular weight excluding hydrogens is 430 g/mol. The number of allylic oxidation sites excluding steroid dienone is 2. The van der Waals surface area contributed by atoms with E-state index in [9.17, 15) is 10.1 Å². The van der Waals surface area contributed by atoms with E-state index in [0.29, 0.717) is 23.6 Å². The normalized spacial score (nSPS) is 17.1. The lowest BCUT2D eigenvalue weighted by Gasteiger charge is -2.23. The second-order valence-corrected chi connectivity index (χ2v) is 8.06. The summed E-state index contributed by atoms with van der Waals surface area (Å²) in [5.74, 6) is 2.11. The van der Waals surface area contributed by atoms with Gasteiger partial charge in [0.05, 0.1) is 12.6 Å². The molecule has 1 aliphatic rings. The second kappa shape index (κ2) is 8.47. The van der Waals surface area contributed by atoms with Crippen LogP contribution in [0.1, 0.15) is 12.0 Å². The van der Waals surface area contributed by atoms with Crippen LogP contribution in [0, 0.1) is 10.1 Å². The first-order valence-electron chi connectivity index (χ1n) is 10.8. The lowest BCUT2D eigenvalue weighted by Crippen LogP contribution is -2.33. The first-order valence-corrected chi connectivity index (χ1v) is 10.8. The molecule has 1 atom stereocenters. The number of benzene rings is 2. The van der Waals surface area contributed by atoms with Gasteiger partial charge in [-0.3, -0.25) is 10.1 Å². The number of aromatic nitrogens is 3. The van der Waals surface area contributed by atoms with E-state index in [-0.39, 0.29) is 4.92 Å². The molecule has 2 aromatic heterocycles. The standard InChI is InChI=1S/C26H23N5O3/c1-27-24-15-25(29-17-28-24)30-16-22(18-6-9-20(34-2)10-7-18)21-11-8-19(14-23(21)30)26(31(32)33)12-4-3-5-13-26/h3-12,14-17H,13H2,1-2H3,(H,27,28,29). The number of nitro groups is 1. The average Bonchev–Trinajstić information content (AvgIpc) is 3.28. The summed E-state index contributed by atoms with van der Waals surface area (Å²) < 4.78 is 7.26. The molecule has 8 nitrogen and oxygen atoms in total. The van der Waals surface area contributed by atoms with Gasteiger partial charge in [-0.15, -0.1) is 0 Å². The van der Waals surface area contributed by atoms with Gasteiger partial charge in [-0.05, 0) is 29.8 Å². The summed E-state index contributed by atoms with van der Waals surface area (Å²) >= 11 is 0. The van der Waals surface area contributed by atoms with Crippen molar-refractivity contribution in [2.45, 2.75) is 12.0 Å². The van der Waals surface area contributed by atoms with E-state index < -0.39 is 5.54 Å². The van der Waals surface area contributed by atoms with E-state index in [0.717, 1.165) is 27.8 Å². The van der Waals surface area contributed by atoms with Gasteiger partial charge in [0.25, 0.3) is 5.54 Å². The van der Waals surface area contributed by atoms with Gasteiger partial charge < -0.3 is 14.6 Å². The molecule has 0 aliphatic heterocycles. The summed E-state index contributed by atoms with van der Waals surface area (Å²) in [6.45, 7) is 0. The van der Waals surface area contributed by atoms with E-state index in [4.69, 9.17) is 4.74 Å². The van der Waals surface area contributed by atoms with Crippen LogP contribution >= 0.6 is 0 Å². The van der Waals surface area contributed by atoms with Gasteiger partial charge in [-0.25, -0.2) is 9.97 Å². The third kappa shape index (κ3) is 3.49. The minimum atomic E-state index is -1.31. The van der Waals surface area contributed by atoms with E-state index in [1.54, 1.807) is 26.3 Å². The molecule has 1 unspecified atom stereocenters. The van der Waals surface area contributed by atoms with E-state index >= 15 is 0 Å². The molecule has 1 N–H and O–H groups in total. The van der Waals surface area contributed by atoms with Crippen LogP contribution in [0.25, 0.3) is 27.8 Å². The zero-order valence-corrected chi connectivity index (χ0v) is 18.8. The van der Waals surface area contributed by atoms with Crippen molar-refractivity contribution in [2.75, 3.05) is 19.5 Å². The van der Waals surface area contributed by atoms with Crippen molar-refractivity contribution in [3.05, 3.63) is 101 Å². The Bertz CT molecular complexity index is 1440. The third-order valence-electron chi connectivity index (χ3n) is 6.24. The first-order chi connectivity index (χ1) is 16.6. The largest absolute Gasteiger partial charge is 0.497 e. The summed E-state index contributed by atoms with van der Waals surface area (Å²) in [5.41, 5.74) is 2.13. The topological polar surface area (TPSA) is 95.1 Å². The van der Waals surface area contributed by atoms with E-state index in [1.165, 1.54) is 6.33 Å². The molecule has 2 aromatic carbocycles. The highest BCUT2D eigenvalue weighted by Crippen LogP contribution is 2.39. The lowest BCUT2D eigenvalue weighted by molar-refractivity contribution is -0.563. The molecule has 170 valence electrons. The maximum absolute atomic E-state index is 12.2. The zero-order valence-electron chi connectivity index (χ0n) is 18.8. The highest BCUT2D eigenvalue weighted by atomic mass is 16.6. The van der Waals surface area contributed by atoms with Crippen LogP contribution in [-0.2, 0) is 5.54 Å². The molecule has 0 bridgehead atoms. The Hall–Kier alpha value is -4.46. The van der Waals surface area contributed by atoms with Crippen LogP contribution in [0.15, 0.2) is 85.4 Å². The van der Waals surface area contributed by atoms with Crippen LogP contribution in [0.2, 0.25) is 0 Å². The van der Waals surface area contributed by atoms with Gasteiger partial charge in [0.2, 0.25) is 0 Å². The highest BCUT2D eigenvalue weighted by Gasteiger charge is 2.42. The maximum atomic E-state index is 12.2. The zero-order chi connectivity index (χ0) is 23.7. The predicted octanol–water partition coefficient (Wildman–Crippen LogP) is 5.13. The molecule has 0 saturated carbocycles. The smallest absolute Gasteiger partial charge is 0.269 e.